The first kappa shape index (κ1) is 30.1. The maximum absolute atomic E-state index is 13.9. The summed E-state index contributed by atoms with van der Waals surface area (Å²) < 4.78 is 13.0. The van der Waals surface area contributed by atoms with E-state index in [1.807, 2.05) is 71.3 Å². The molecule has 0 aliphatic rings. The molecule has 0 saturated heterocycles. The van der Waals surface area contributed by atoms with Crippen LogP contribution < -0.4 is 14.9 Å². The quantitative estimate of drug-likeness (QED) is 0.164. The Morgan fingerprint density at radius 2 is 1.59 bits per heavy atom. The van der Waals surface area contributed by atoms with E-state index in [4.69, 9.17) is 9.47 Å². The maximum Gasteiger partial charge on any atom is 0.201 e. The second-order valence-corrected chi connectivity index (χ2v) is 10.8. The van der Waals surface area contributed by atoms with E-state index in [1.165, 1.54) is 12.5 Å². The predicted molar refractivity (Wildman–Crippen MR) is 169 cm³/mol. The lowest BCUT2D eigenvalue weighted by molar-refractivity contribution is 0.101. The zero-order valence-electron chi connectivity index (χ0n) is 23.5. The zero-order chi connectivity index (χ0) is 28.2. The number of methoxy groups -OCH3 is 2. The molecule has 2 aromatic heterocycles. The average molecular weight is 589 g/mol. The molecule has 3 aromatic carbocycles. The van der Waals surface area contributed by atoms with Gasteiger partial charge in [-0.15, -0.1) is 23.7 Å². The minimum atomic E-state index is -0.249. The van der Waals surface area contributed by atoms with E-state index in [-0.39, 0.29) is 29.2 Å². The van der Waals surface area contributed by atoms with Gasteiger partial charge in [0.2, 0.25) is 5.43 Å². The van der Waals surface area contributed by atoms with Crippen molar-refractivity contribution < 1.29 is 14.3 Å². The lowest BCUT2D eigenvalue weighted by atomic mass is 10.0. The minimum Gasteiger partial charge on any atom is -0.497 e. The lowest BCUT2D eigenvalue weighted by Crippen LogP contribution is -2.21. The third-order valence-corrected chi connectivity index (χ3v) is 8.31. The Morgan fingerprint density at radius 1 is 0.902 bits per heavy atom. The topological polar surface area (TPSA) is 60.8 Å². The third-order valence-electron chi connectivity index (χ3n) is 6.99. The molecule has 41 heavy (non-hydrogen) atoms. The van der Waals surface area contributed by atoms with Crippen molar-refractivity contribution in [1.82, 2.24) is 9.47 Å². The molecule has 0 spiro atoms. The fourth-order valence-corrected chi connectivity index (χ4v) is 6.32. The zero-order valence-corrected chi connectivity index (χ0v) is 25.2. The number of fused-ring (bicyclic) bond motifs is 1. The van der Waals surface area contributed by atoms with Gasteiger partial charge in [0.1, 0.15) is 16.3 Å². The van der Waals surface area contributed by atoms with Gasteiger partial charge in [0.05, 0.1) is 31.7 Å². The summed E-state index contributed by atoms with van der Waals surface area (Å²) in [5, 5.41) is 0.596. The molecule has 0 radical (unpaired) electrons. The molecule has 212 valence electrons. The number of benzene rings is 3. The number of ketones is 1. The van der Waals surface area contributed by atoms with Crippen molar-refractivity contribution in [3.05, 3.63) is 118 Å². The molecule has 0 aliphatic heterocycles. The number of para-hydroxylation sites is 1. The highest BCUT2D eigenvalue weighted by molar-refractivity contribution is 7.22. The summed E-state index contributed by atoms with van der Waals surface area (Å²) >= 11 is 1.58. The number of aromatic nitrogens is 1. The van der Waals surface area contributed by atoms with Crippen LogP contribution in [0.25, 0.3) is 20.7 Å². The van der Waals surface area contributed by atoms with Crippen LogP contribution in [0.1, 0.15) is 34.0 Å². The number of ether oxygens (including phenoxy) is 2. The van der Waals surface area contributed by atoms with Gasteiger partial charge >= 0.3 is 0 Å². The smallest absolute Gasteiger partial charge is 0.201 e. The molecule has 0 fully saturated rings. The molecular weight excluding hydrogens is 556 g/mol. The summed E-state index contributed by atoms with van der Waals surface area (Å²) in [6.45, 7) is 3.18. The van der Waals surface area contributed by atoms with Crippen LogP contribution in [0.5, 0.6) is 11.5 Å². The van der Waals surface area contributed by atoms with Crippen molar-refractivity contribution in [2.45, 2.75) is 26.6 Å². The van der Waals surface area contributed by atoms with Crippen molar-refractivity contribution in [3.63, 3.8) is 0 Å². The maximum atomic E-state index is 13.9. The van der Waals surface area contributed by atoms with Crippen LogP contribution in [0, 0.1) is 0 Å². The number of Topliss-reactive ketones (excluding diaryl/α,β-unsaturated/α-hetero) is 1. The Bertz CT molecular complexity index is 1710. The van der Waals surface area contributed by atoms with E-state index in [0.717, 1.165) is 44.4 Å². The minimum absolute atomic E-state index is 0. The number of nitrogens with zero attached hydrogens (tertiary/aromatic N) is 2. The monoisotopic (exact) mass is 588 g/mol. The van der Waals surface area contributed by atoms with Gasteiger partial charge in [0.25, 0.3) is 0 Å². The van der Waals surface area contributed by atoms with Gasteiger partial charge in [-0.1, -0.05) is 48.5 Å². The average Bonchev–Trinajstić information content (AvgIpc) is 3.34. The van der Waals surface area contributed by atoms with E-state index in [0.29, 0.717) is 18.5 Å². The van der Waals surface area contributed by atoms with E-state index >= 15 is 0 Å². The van der Waals surface area contributed by atoms with Crippen LogP contribution in [-0.4, -0.2) is 36.5 Å². The van der Waals surface area contributed by atoms with E-state index in [1.54, 1.807) is 31.8 Å². The number of pyridine rings is 1. The molecule has 0 atom stereocenters. The second kappa shape index (κ2) is 13.2. The first-order valence-corrected chi connectivity index (χ1v) is 13.9. The van der Waals surface area contributed by atoms with Crippen LogP contribution in [0.3, 0.4) is 0 Å². The van der Waals surface area contributed by atoms with Crippen molar-refractivity contribution in [3.8, 4) is 21.9 Å². The van der Waals surface area contributed by atoms with Crippen LogP contribution in [0.4, 0.5) is 0 Å². The largest absolute Gasteiger partial charge is 0.497 e. The van der Waals surface area contributed by atoms with Crippen molar-refractivity contribution in [2.75, 3.05) is 21.3 Å². The van der Waals surface area contributed by atoms with Gasteiger partial charge in [-0.2, -0.15) is 0 Å². The Labute approximate surface area is 250 Å². The number of thiophene rings is 1. The van der Waals surface area contributed by atoms with Crippen molar-refractivity contribution in [1.29, 1.82) is 0 Å². The molecule has 6 nitrogen and oxygen atoms in total. The first-order chi connectivity index (χ1) is 19.4. The van der Waals surface area contributed by atoms with Crippen molar-refractivity contribution >= 4 is 39.7 Å². The highest BCUT2D eigenvalue weighted by Crippen LogP contribution is 2.39. The molecule has 2 heterocycles. The lowest BCUT2D eigenvalue weighted by Gasteiger charge is -2.18. The summed E-state index contributed by atoms with van der Waals surface area (Å²) in [5.41, 5.74) is 4.04. The van der Waals surface area contributed by atoms with Crippen LogP contribution in [0.15, 0.2) is 89.9 Å². The van der Waals surface area contributed by atoms with Gasteiger partial charge in [0.15, 0.2) is 5.78 Å². The molecular formula is C33H33ClN2O4S. The molecule has 0 bridgehead atoms. The Kier molecular flexibility index (Phi) is 9.65. The van der Waals surface area contributed by atoms with E-state index in [2.05, 4.69) is 24.1 Å². The number of rotatable bonds is 10. The molecule has 0 N–H and O–H groups in total. The van der Waals surface area contributed by atoms with Crippen LogP contribution >= 0.6 is 23.7 Å². The molecule has 0 saturated carbocycles. The van der Waals surface area contributed by atoms with Gasteiger partial charge in [-0.3, -0.25) is 14.5 Å². The number of hydrogen-bond donors (Lipinski definition) is 0. The van der Waals surface area contributed by atoms with Gasteiger partial charge in [-0.05, 0) is 61.0 Å². The summed E-state index contributed by atoms with van der Waals surface area (Å²) in [7, 11) is 5.34. The molecule has 0 unspecified atom stereocenters. The normalized spacial score (nSPS) is 11.0. The Hall–Kier alpha value is -3.91. The van der Waals surface area contributed by atoms with Crippen LogP contribution in [-0.2, 0) is 19.6 Å². The number of hydrogen-bond acceptors (Lipinski definition) is 6. The Morgan fingerprint density at radius 3 is 2.24 bits per heavy atom. The third kappa shape index (κ3) is 6.38. The highest BCUT2D eigenvalue weighted by Gasteiger charge is 2.23. The number of halogens is 1. The summed E-state index contributed by atoms with van der Waals surface area (Å²) in [6.07, 6.45) is 1.70. The second-order valence-electron chi connectivity index (χ2n) is 9.84. The van der Waals surface area contributed by atoms with Gasteiger partial charge in [0, 0.05) is 29.7 Å². The van der Waals surface area contributed by atoms with Gasteiger partial charge < -0.3 is 14.0 Å². The predicted octanol–water partition coefficient (Wildman–Crippen LogP) is 7.05. The number of carbonyl (C=O) groups is 1. The molecule has 8 heteroatoms. The van der Waals surface area contributed by atoms with E-state index in [9.17, 15) is 9.59 Å². The number of carbonyl (C=O) groups excluding carboxylic acids is 1. The fourth-order valence-electron chi connectivity index (χ4n) is 5.03. The van der Waals surface area contributed by atoms with Gasteiger partial charge in [-0.25, -0.2) is 0 Å². The molecule has 5 rings (SSSR count). The van der Waals surface area contributed by atoms with E-state index < -0.39 is 0 Å². The SMILES string of the molecule is COc1ccc(-c2sc3c(c2CN(C)Cc2ccccc2)c(=O)c(C(C)=O)cn3Cc2ccccc2OC)cc1.Cl. The van der Waals surface area contributed by atoms with Crippen molar-refractivity contribution in [2.24, 2.45) is 0 Å². The molecule has 0 amide bonds. The summed E-state index contributed by atoms with van der Waals surface area (Å²) in [4.78, 5) is 30.6. The summed E-state index contributed by atoms with van der Waals surface area (Å²) in [6, 6.07) is 26.0. The fraction of sp³-hybridized carbons (Fsp3) is 0.212. The first-order valence-electron chi connectivity index (χ1n) is 13.1. The Balaban J connectivity index is 0.00000387. The molecule has 0 aliphatic carbocycles. The standard InChI is InChI=1S/C33H32N2O4S.ClH/c1-22(36)27-21-35(19-25-12-8-9-13-29(25)39-4)33-30(31(27)37)28(20-34(2)18-23-10-6-5-7-11-23)32(40-33)24-14-16-26(38-3)17-15-24;/h5-17,21H,18-20H2,1-4H3;1H. The highest BCUT2D eigenvalue weighted by atomic mass is 35.5. The summed E-state index contributed by atoms with van der Waals surface area (Å²) in [5.74, 6) is 1.28. The van der Waals surface area contributed by atoms with Crippen LogP contribution in [0.2, 0.25) is 0 Å². The molecule has 5 aromatic rings.